The number of rotatable bonds is 5. The normalized spacial score (nSPS) is 19.8. The molecule has 0 spiro atoms. The minimum atomic E-state index is -3.44. The van der Waals surface area contributed by atoms with Gasteiger partial charge in [0.15, 0.2) is 0 Å². The Kier molecular flexibility index (Phi) is 4.74. The predicted octanol–water partition coefficient (Wildman–Crippen LogP) is 1.48. The number of hydrogen-bond donors (Lipinski definition) is 1. The molecule has 1 aliphatic heterocycles. The maximum absolute atomic E-state index is 12.4. The molecule has 8 heteroatoms. The molecule has 0 bridgehead atoms. The minimum Gasteiger partial charge on any atom is -0.291 e. The molecular weight excluding hydrogens is 314 g/mol. The molecule has 0 aromatic carbocycles. The third kappa shape index (κ3) is 3.77. The van der Waals surface area contributed by atoms with Crippen LogP contribution in [0.15, 0.2) is 37.1 Å². The van der Waals surface area contributed by atoms with Crippen molar-refractivity contribution in [3.8, 4) is 5.82 Å². The van der Waals surface area contributed by atoms with E-state index in [9.17, 15) is 8.42 Å². The summed E-state index contributed by atoms with van der Waals surface area (Å²) in [4.78, 5) is 8.30. The van der Waals surface area contributed by atoms with E-state index in [1.54, 1.807) is 27.6 Å². The molecule has 7 nitrogen and oxygen atoms in total. The van der Waals surface area contributed by atoms with Gasteiger partial charge in [-0.3, -0.25) is 4.57 Å². The molecule has 1 unspecified atom stereocenters. The van der Waals surface area contributed by atoms with Gasteiger partial charge in [0, 0.05) is 37.7 Å². The Labute approximate surface area is 136 Å². The van der Waals surface area contributed by atoms with Gasteiger partial charge in [-0.05, 0) is 31.4 Å². The molecule has 1 saturated heterocycles. The van der Waals surface area contributed by atoms with Gasteiger partial charge in [0.1, 0.15) is 12.1 Å². The molecule has 3 rings (SSSR count). The van der Waals surface area contributed by atoms with Gasteiger partial charge in [-0.2, -0.15) is 17.4 Å². The van der Waals surface area contributed by atoms with E-state index >= 15 is 0 Å². The van der Waals surface area contributed by atoms with Gasteiger partial charge in [-0.1, -0.05) is 12.5 Å². The maximum atomic E-state index is 12.4. The molecule has 2 aromatic heterocycles. The number of piperidine rings is 1. The number of hydrogen-bond acceptors (Lipinski definition) is 4. The van der Waals surface area contributed by atoms with Crippen molar-refractivity contribution in [1.29, 1.82) is 0 Å². The smallest absolute Gasteiger partial charge is 0.279 e. The standard InChI is InChI=1S/C15H21N5O2S/c1-13-4-2-3-8-20(13)23(21,22)18-11-14-5-6-15(17-10-14)19-9-7-16-12-19/h5-7,9-10,12-13,18H,2-4,8,11H2,1H3. The summed E-state index contributed by atoms with van der Waals surface area (Å²) < 4.78 is 30.8. The van der Waals surface area contributed by atoms with Gasteiger partial charge in [-0.25, -0.2) is 9.97 Å². The Bertz CT molecular complexity index is 728. The van der Waals surface area contributed by atoms with Crippen LogP contribution in [0.5, 0.6) is 0 Å². The summed E-state index contributed by atoms with van der Waals surface area (Å²) in [5.74, 6) is 0.749. The van der Waals surface area contributed by atoms with Crippen LogP contribution in [0.3, 0.4) is 0 Å². The number of nitrogens with zero attached hydrogens (tertiary/aromatic N) is 4. The van der Waals surface area contributed by atoms with Gasteiger partial charge in [0.05, 0.1) is 0 Å². The predicted molar refractivity (Wildman–Crippen MR) is 87.1 cm³/mol. The van der Waals surface area contributed by atoms with Crippen LogP contribution in [0.2, 0.25) is 0 Å². The molecule has 3 heterocycles. The van der Waals surface area contributed by atoms with Crippen LogP contribution >= 0.6 is 0 Å². The molecule has 1 N–H and O–H groups in total. The maximum Gasteiger partial charge on any atom is 0.279 e. The second kappa shape index (κ2) is 6.77. The Balaban J connectivity index is 1.63. The second-order valence-electron chi connectivity index (χ2n) is 5.78. The number of imidazole rings is 1. The monoisotopic (exact) mass is 335 g/mol. The lowest BCUT2D eigenvalue weighted by Crippen LogP contribution is -2.47. The topological polar surface area (TPSA) is 80.1 Å². The summed E-state index contributed by atoms with van der Waals surface area (Å²) in [5.41, 5.74) is 0.821. The summed E-state index contributed by atoms with van der Waals surface area (Å²) in [6.45, 7) is 2.79. The van der Waals surface area contributed by atoms with Crippen LogP contribution in [0.25, 0.3) is 5.82 Å². The summed E-state index contributed by atoms with van der Waals surface area (Å²) in [5, 5.41) is 0. The molecule has 0 amide bonds. The molecule has 1 atom stereocenters. The zero-order chi connectivity index (χ0) is 16.3. The average molecular weight is 335 g/mol. The zero-order valence-corrected chi connectivity index (χ0v) is 13.9. The van der Waals surface area contributed by atoms with Gasteiger partial charge in [0.25, 0.3) is 10.2 Å². The van der Waals surface area contributed by atoms with Crippen molar-refractivity contribution in [3.05, 3.63) is 42.6 Å². The Morgan fingerprint density at radius 3 is 2.87 bits per heavy atom. The fourth-order valence-electron chi connectivity index (χ4n) is 2.75. The Morgan fingerprint density at radius 2 is 2.22 bits per heavy atom. The van der Waals surface area contributed by atoms with E-state index in [-0.39, 0.29) is 12.6 Å². The van der Waals surface area contributed by atoms with Crippen LogP contribution in [-0.4, -0.2) is 39.8 Å². The lowest BCUT2D eigenvalue weighted by Gasteiger charge is -2.32. The first-order valence-electron chi connectivity index (χ1n) is 7.76. The summed E-state index contributed by atoms with van der Waals surface area (Å²) in [6, 6.07) is 3.77. The van der Waals surface area contributed by atoms with Crippen LogP contribution in [0.4, 0.5) is 0 Å². The molecular formula is C15H21N5O2S. The van der Waals surface area contributed by atoms with Crippen LogP contribution < -0.4 is 4.72 Å². The fourth-order valence-corrected chi connectivity index (χ4v) is 4.22. The molecule has 0 aliphatic carbocycles. The first-order chi connectivity index (χ1) is 11.1. The summed E-state index contributed by atoms with van der Waals surface area (Å²) in [7, 11) is -3.44. The third-order valence-corrected chi connectivity index (χ3v) is 5.76. The van der Waals surface area contributed by atoms with Crippen molar-refractivity contribution >= 4 is 10.2 Å². The van der Waals surface area contributed by atoms with Crippen molar-refractivity contribution in [2.24, 2.45) is 0 Å². The van der Waals surface area contributed by atoms with E-state index in [4.69, 9.17) is 0 Å². The van der Waals surface area contributed by atoms with Crippen LogP contribution in [-0.2, 0) is 16.8 Å². The minimum absolute atomic E-state index is 0.0583. The van der Waals surface area contributed by atoms with E-state index in [1.807, 2.05) is 25.3 Å². The first-order valence-corrected chi connectivity index (χ1v) is 9.20. The highest BCUT2D eigenvalue weighted by molar-refractivity contribution is 7.87. The second-order valence-corrected chi connectivity index (χ2v) is 7.48. The Morgan fingerprint density at radius 1 is 1.35 bits per heavy atom. The van der Waals surface area contributed by atoms with E-state index in [0.29, 0.717) is 6.54 Å². The lowest BCUT2D eigenvalue weighted by molar-refractivity contribution is 0.265. The van der Waals surface area contributed by atoms with Crippen molar-refractivity contribution in [2.45, 2.75) is 38.8 Å². The van der Waals surface area contributed by atoms with E-state index < -0.39 is 10.2 Å². The fraction of sp³-hybridized carbons (Fsp3) is 0.467. The van der Waals surface area contributed by atoms with E-state index in [0.717, 1.165) is 30.6 Å². The highest BCUT2D eigenvalue weighted by atomic mass is 32.2. The molecule has 0 saturated carbocycles. The van der Waals surface area contributed by atoms with Gasteiger partial charge in [0.2, 0.25) is 0 Å². The summed E-state index contributed by atoms with van der Waals surface area (Å²) >= 11 is 0. The largest absolute Gasteiger partial charge is 0.291 e. The quantitative estimate of drug-likeness (QED) is 0.897. The average Bonchev–Trinajstić information content (AvgIpc) is 3.08. The SMILES string of the molecule is CC1CCCCN1S(=O)(=O)NCc1ccc(-n2ccnc2)nc1. The molecule has 124 valence electrons. The van der Waals surface area contributed by atoms with Crippen molar-refractivity contribution in [2.75, 3.05) is 6.54 Å². The van der Waals surface area contributed by atoms with Crippen LogP contribution in [0.1, 0.15) is 31.7 Å². The van der Waals surface area contributed by atoms with Crippen molar-refractivity contribution < 1.29 is 8.42 Å². The van der Waals surface area contributed by atoms with Crippen LogP contribution in [0, 0.1) is 0 Å². The van der Waals surface area contributed by atoms with E-state index in [2.05, 4.69) is 14.7 Å². The Hall–Kier alpha value is -1.77. The van der Waals surface area contributed by atoms with Gasteiger partial charge in [-0.15, -0.1) is 0 Å². The summed E-state index contributed by atoms with van der Waals surface area (Å²) in [6.07, 6.45) is 9.77. The third-order valence-electron chi connectivity index (χ3n) is 4.09. The molecule has 0 radical (unpaired) electrons. The highest BCUT2D eigenvalue weighted by Crippen LogP contribution is 2.19. The molecule has 1 aliphatic rings. The van der Waals surface area contributed by atoms with E-state index in [1.165, 1.54) is 0 Å². The number of pyridine rings is 1. The van der Waals surface area contributed by atoms with Crippen molar-refractivity contribution in [3.63, 3.8) is 0 Å². The molecule has 2 aromatic rings. The van der Waals surface area contributed by atoms with Gasteiger partial charge < -0.3 is 0 Å². The molecule has 23 heavy (non-hydrogen) atoms. The molecule has 1 fully saturated rings. The number of nitrogens with one attached hydrogen (secondary N) is 1. The van der Waals surface area contributed by atoms with Gasteiger partial charge >= 0.3 is 0 Å². The first kappa shape index (κ1) is 16.1. The number of aromatic nitrogens is 3. The highest BCUT2D eigenvalue weighted by Gasteiger charge is 2.28. The van der Waals surface area contributed by atoms with Crippen molar-refractivity contribution in [1.82, 2.24) is 23.6 Å². The lowest BCUT2D eigenvalue weighted by atomic mass is 10.1. The zero-order valence-electron chi connectivity index (χ0n) is 13.1.